The fourth-order valence-corrected chi connectivity index (χ4v) is 4.76. The number of fused-ring (bicyclic) bond motifs is 1. The van der Waals surface area contributed by atoms with E-state index in [1.165, 1.54) is 37.0 Å². The summed E-state index contributed by atoms with van der Waals surface area (Å²) in [6, 6.07) is 0. The lowest BCUT2D eigenvalue weighted by Gasteiger charge is -2.30. The van der Waals surface area contributed by atoms with Gasteiger partial charge in [-0.2, -0.15) is 13.2 Å². The molecule has 136 valence electrons. The van der Waals surface area contributed by atoms with Crippen LogP contribution in [-0.2, 0) is 4.79 Å². The number of hydrogen-bond acceptors (Lipinski definition) is 5. The Hall–Kier alpha value is -1.64. The van der Waals surface area contributed by atoms with Gasteiger partial charge in [-0.05, 0) is 25.7 Å². The Labute approximate surface area is 146 Å². The first kappa shape index (κ1) is 16.8. The third kappa shape index (κ3) is 3.26. The molecule has 1 aliphatic carbocycles. The Morgan fingerprint density at radius 3 is 2.44 bits per heavy atom. The van der Waals surface area contributed by atoms with Gasteiger partial charge in [-0.15, -0.1) is 5.10 Å². The topological polar surface area (TPSA) is 50.5 Å². The first-order valence-corrected chi connectivity index (χ1v) is 9.45. The molecule has 2 aromatic heterocycles. The molecule has 2 aliphatic rings. The zero-order chi connectivity index (χ0) is 17.6. The normalized spacial score (nSPS) is 20.7. The summed E-state index contributed by atoms with van der Waals surface area (Å²) in [6.45, 7) is 0.831. The second-order valence-electron chi connectivity index (χ2n) is 6.88. The van der Waals surface area contributed by atoms with Gasteiger partial charge in [0.25, 0.3) is 0 Å². The van der Waals surface area contributed by atoms with Crippen molar-refractivity contribution in [1.82, 2.24) is 14.6 Å². The van der Waals surface area contributed by atoms with Crippen LogP contribution >= 0.6 is 11.3 Å². The van der Waals surface area contributed by atoms with Crippen LogP contribution in [0.3, 0.4) is 0 Å². The van der Waals surface area contributed by atoms with Gasteiger partial charge in [0.2, 0.25) is 15.9 Å². The molecule has 2 aromatic rings. The van der Waals surface area contributed by atoms with Crippen molar-refractivity contribution < 1.29 is 18.0 Å². The van der Waals surface area contributed by atoms with Crippen LogP contribution in [-0.4, -0.2) is 39.6 Å². The Bertz CT molecular complexity index is 739. The van der Waals surface area contributed by atoms with Crippen LogP contribution in [0.1, 0.15) is 50.1 Å². The maximum atomic E-state index is 12.5. The van der Waals surface area contributed by atoms with Gasteiger partial charge in [0.05, 0.1) is 11.9 Å². The number of carbonyl (C=O) groups excluding carboxylic acids is 1. The number of alkyl halides is 3. The van der Waals surface area contributed by atoms with E-state index in [-0.39, 0.29) is 12.8 Å². The molecule has 0 unspecified atom stereocenters. The predicted octanol–water partition coefficient (Wildman–Crippen LogP) is 3.80. The van der Waals surface area contributed by atoms with Crippen LogP contribution in [0.2, 0.25) is 0 Å². The summed E-state index contributed by atoms with van der Waals surface area (Å²) < 4.78 is 39.4. The number of hydrogen-bond donors (Lipinski definition) is 0. The van der Waals surface area contributed by atoms with E-state index >= 15 is 0 Å². The number of halogens is 3. The molecule has 4 rings (SSSR count). The summed E-state index contributed by atoms with van der Waals surface area (Å²) in [5, 5.41) is 5.30. The van der Waals surface area contributed by atoms with Gasteiger partial charge in [0.1, 0.15) is 0 Å². The first-order chi connectivity index (χ1) is 11.9. The third-order valence-corrected chi connectivity index (χ3v) is 6.22. The molecule has 0 N–H and O–H groups in total. The van der Waals surface area contributed by atoms with Crippen LogP contribution in [0.15, 0.2) is 6.20 Å². The molecule has 0 radical (unpaired) electrons. The summed E-state index contributed by atoms with van der Waals surface area (Å²) >= 11 is 1.46. The van der Waals surface area contributed by atoms with Gasteiger partial charge < -0.3 is 4.90 Å². The Balaban J connectivity index is 1.43. The van der Waals surface area contributed by atoms with Crippen molar-refractivity contribution in [2.24, 2.45) is 5.92 Å². The average Bonchev–Trinajstić information content (AvgIpc) is 3.28. The minimum Gasteiger partial charge on any atom is -0.347 e. The minimum absolute atomic E-state index is 0.216. The number of aromatic nitrogens is 3. The smallest absolute Gasteiger partial charge is 0.347 e. The van der Waals surface area contributed by atoms with Gasteiger partial charge >= 0.3 is 6.18 Å². The van der Waals surface area contributed by atoms with Crippen LogP contribution in [0.25, 0.3) is 4.96 Å². The largest absolute Gasteiger partial charge is 0.450 e. The number of piperidine rings is 1. The molecule has 3 heterocycles. The van der Waals surface area contributed by atoms with Crippen LogP contribution in [0.4, 0.5) is 18.3 Å². The lowest BCUT2D eigenvalue weighted by atomic mass is 9.92. The molecule has 0 bridgehead atoms. The van der Waals surface area contributed by atoms with Crippen molar-refractivity contribution >= 4 is 27.2 Å². The summed E-state index contributed by atoms with van der Waals surface area (Å²) in [6.07, 6.45) is 2.54. The van der Waals surface area contributed by atoms with Crippen molar-refractivity contribution in [2.75, 3.05) is 18.0 Å². The molecule has 25 heavy (non-hydrogen) atoms. The monoisotopic (exact) mass is 372 g/mol. The van der Waals surface area contributed by atoms with Gasteiger partial charge in [0, 0.05) is 24.9 Å². The molecule has 1 aliphatic heterocycles. The predicted molar refractivity (Wildman–Crippen MR) is 88.1 cm³/mol. The second kappa shape index (κ2) is 6.26. The van der Waals surface area contributed by atoms with E-state index in [1.807, 2.05) is 11.1 Å². The number of anilines is 1. The molecular formula is C16H19F3N4OS. The molecule has 5 nitrogen and oxygen atoms in total. The van der Waals surface area contributed by atoms with E-state index in [9.17, 15) is 18.0 Å². The molecule has 9 heteroatoms. The van der Waals surface area contributed by atoms with Crippen LogP contribution in [0, 0.1) is 5.92 Å². The molecule has 0 amide bonds. The summed E-state index contributed by atoms with van der Waals surface area (Å²) in [7, 11) is 0. The summed E-state index contributed by atoms with van der Waals surface area (Å²) in [4.78, 5) is 18.8. The molecule has 0 spiro atoms. The molecule has 0 atom stereocenters. The van der Waals surface area contributed by atoms with Gasteiger partial charge in [-0.3, -0.25) is 4.79 Å². The van der Waals surface area contributed by atoms with E-state index in [2.05, 4.69) is 10.1 Å². The van der Waals surface area contributed by atoms with Crippen molar-refractivity contribution in [1.29, 1.82) is 0 Å². The maximum Gasteiger partial charge on any atom is 0.450 e. The first-order valence-electron chi connectivity index (χ1n) is 8.64. The van der Waals surface area contributed by atoms with Crippen LogP contribution < -0.4 is 4.90 Å². The van der Waals surface area contributed by atoms with E-state index in [4.69, 9.17) is 0 Å². The number of imidazole rings is 1. The number of carbonyl (C=O) groups is 1. The summed E-state index contributed by atoms with van der Waals surface area (Å²) in [5.41, 5.74) is 1.09. The van der Waals surface area contributed by atoms with E-state index < -0.39 is 17.9 Å². The average molecular weight is 372 g/mol. The zero-order valence-electron chi connectivity index (χ0n) is 13.6. The van der Waals surface area contributed by atoms with Crippen molar-refractivity contribution in [2.45, 2.75) is 50.6 Å². The van der Waals surface area contributed by atoms with E-state index in [0.29, 0.717) is 19.0 Å². The van der Waals surface area contributed by atoms with Gasteiger partial charge in [-0.25, -0.2) is 9.50 Å². The molecule has 1 saturated carbocycles. The van der Waals surface area contributed by atoms with E-state index in [1.54, 1.807) is 4.52 Å². The minimum atomic E-state index is -4.73. The third-order valence-electron chi connectivity index (χ3n) is 5.24. The Kier molecular flexibility index (Phi) is 4.21. The standard InChI is InChI=1S/C16H19F3N4OS/c17-16(18,19)13(24)11-5-7-22(8-6-11)15-21-23-9-12(20-14(23)25-15)10-3-1-2-4-10/h9-11H,1-8H2. The highest BCUT2D eigenvalue weighted by Crippen LogP contribution is 2.35. The van der Waals surface area contributed by atoms with Crippen LogP contribution in [0.5, 0.6) is 0 Å². The Morgan fingerprint density at radius 2 is 1.84 bits per heavy atom. The Morgan fingerprint density at radius 1 is 1.16 bits per heavy atom. The lowest BCUT2D eigenvalue weighted by molar-refractivity contribution is -0.176. The van der Waals surface area contributed by atoms with E-state index in [0.717, 1.165) is 15.8 Å². The van der Waals surface area contributed by atoms with Crippen molar-refractivity contribution in [3.63, 3.8) is 0 Å². The highest BCUT2D eigenvalue weighted by atomic mass is 32.1. The number of nitrogens with zero attached hydrogens (tertiary/aromatic N) is 4. The highest BCUT2D eigenvalue weighted by molar-refractivity contribution is 7.20. The van der Waals surface area contributed by atoms with Gasteiger partial charge in [-0.1, -0.05) is 24.2 Å². The molecule has 2 fully saturated rings. The molecule has 0 aromatic carbocycles. The number of Topliss-reactive ketones (excluding diaryl/α,β-unsaturated/α-hetero) is 1. The van der Waals surface area contributed by atoms with Crippen molar-refractivity contribution in [3.8, 4) is 0 Å². The zero-order valence-corrected chi connectivity index (χ0v) is 14.4. The number of ketones is 1. The fraction of sp³-hybridized carbons (Fsp3) is 0.688. The quantitative estimate of drug-likeness (QED) is 0.822. The summed E-state index contributed by atoms with van der Waals surface area (Å²) in [5.74, 6) is -1.99. The lowest BCUT2D eigenvalue weighted by Crippen LogP contribution is -2.40. The SMILES string of the molecule is O=C(C1CCN(c2nn3cc(C4CCCC4)nc3s2)CC1)C(F)(F)F. The molecular weight excluding hydrogens is 353 g/mol. The highest BCUT2D eigenvalue weighted by Gasteiger charge is 2.44. The molecule has 1 saturated heterocycles. The van der Waals surface area contributed by atoms with Gasteiger partial charge in [0.15, 0.2) is 0 Å². The number of rotatable bonds is 3. The fourth-order valence-electron chi connectivity index (χ4n) is 3.82. The second-order valence-corrected chi connectivity index (χ2v) is 7.82. The maximum absolute atomic E-state index is 12.5. The van der Waals surface area contributed by atoms with Crippen molar-refractivity contribution in [3.05, 3.63) is 11.9 Å².